The van der Waals surface area contributed by atoms with Gasteiger partial charge in [-0.3, -0.25) is 24.1 Å². The van der Waals surface area contributed by atoms with Crippen LogP contribution in [-0.2, 0) is 10.0 Å². The van der Waals surface area contributed by atoms with E-state index < -0.39 is 56.5 Å². The van der Waals surface area contributed by atoms with Crippen molar-refractivity contribution >= 4 is 77.9 Å². The van der Waals surface area contributed by atoms with E-state index in [4.69, 9.17) is 4.42 Å². The van der Waals surface area contributed by atoms with Crippen LogP contribution in [0.4, 0.5) is 20.2 Å². The van der Waals surface area contributed by atoms with Gasteiger partial charge in [-0.2, -0.15) is 0 Å². The third-order valence-corrected chi connectivity index (χ3v) is 14.2. The fourth-order valence-corrected chi connectivity index (χ4v) is 10.0. The smallest absolute Gasteiger partial charge is 0.269 e. The predicted molar refractivity (Wildman–Crippen MR) is 282 cm³/mol. The minimum absolute atomic E-state index is 0.0416. The number of aromatic amines is 1. The van der Waals surface area contributed by atoms with Crippen LogP contribution in [0.2, 0.25) is 0 Å². The molecule has 0 unspecified atom stereocenters. The lowest BCUT2D eigenvalue weighted by atomic mass is 9.89. The number of hydrogen-bond donors (Lipinski definition) is 4. The number of nitrogens with one attached hydrogen (secondary N) is 4. The summed E-state index contributed by atoms with van der Waals surface area (Å²) in [6, 6.07) is 27.3. The Labute approximate surface area is 429 Å². The molecule has 3 aromatic heterocycles. The molecule has 1 aliphatic heterocycles. The number of H-pyrrole nitrogens is 1. The van der Waals surface area contributed by atoms with Crippen molar-refractivity contribution in [3.63, 3.8) is 0 Å². The molecule has 9 rings (SSSR count). The quantitative estimate of drug-likeness (QED) is 0.0305. The summed E-state index contributed by atoms with van der Waals surface area (Å²) < 4.78 is 65.6. The highest BCUT2D eigenvalue weighted by molar-refractivity contribution is 7.92. The molecule has 382 valence electrons. The third kappa shape index (κ3) is 10.5. The lowest BCUT2D eigenvalue weighted by Crippen LogP contribution is -2.28. The van der Waals surface area contributed by atoms with Crippen LogP contribution in [0.15, 0.2) is 120 Å². The Bertz CT molecular complexity index is 3930. The average molecular weight is 1030 g/mol. The number of carbonyl (C=O) groups excluding carboxylic acids is 4. The van der Waals surface area contributed by atoms with E-state index in [2.05, 4.69) is 30.3 Å². The van der Waals surface area contributed by atoms with Crippen molar-refractivity contribution in [1.82, 2.24) is 30.2 Å². The molecule has 7 aromatic rings. The van der Waals surface area contributed by atoms with Gasteiger partial charge in [0.15, 0.2) is 11.6 Å². The molecule has 0 spiro atoms. The zero-order chi connectivity index (χ0) is 53.3. The standard InChI is InChI=1S/C56H50F2N8O8S/c1-6-23-75(72,73)64-45-20-17-43(57)50(51(45)58)52(67)31-10-18-44-40(24-31)41-26-34(30-62-53(41)63-44)33-11-19-46(61-29-33)55(69)60-22-8-7-21-59-54(68)32-9-14-37(42(25-32)56(70)71)49-38-15-12-35(65(2)3)27-47(38)74-48-28-36(66(4)5)13-16-39(48)49/h9-20,24-30,64H,6-8,21-23H2,1-5H3,(H3-,59,60,62,63,67,68,69,70,71). The summed E-state index contributed by atoms with van der Waals surface area (Å²) in [5.74, 6) is -5.51. The summed E-state index contributed by atoms with van der Waals surface area (Å²) in [5, 5.41) is 21.1. The fourth-order valence-electron chi connectivity index (χ4n) is 8.88. The fraction of sp³-hybridized carbons (Fsp3) is 0.196. The Hall–Kier alpha value is -8.84. The van der Waals surface area contributed by atoms with Crippen molar-refractivity contribution in [2.45, 2.75) is 26.2 Å². The second kappa shape index (κ2) is 20.9. The number of sulfonamides is 1. The third-order valence-electron chi connectivity index (χ3n) is 12.8. The van der Waals surface area contributed by atoms with Crippen LogP contribution in [-0.4, -0.2) is 94.0 Å². The number of nitrogens with zero attached hydrogens (tertiary/aromatic N) is 4. The van der Waals surface area contributed by atoms with Gasteiger partial charge in [0, 0.05) is 118 Å². The van der Waals surface area contributed by atoms with Crippen molar-refractivity contribution in [2.24, 2.45) is 0 Å². The molecule has 0 saturated heterocycles. The molecule has 75 heavy (non-hydrogen) atoms. The maximum absolute atomic E-state index is 15.5. The van der Waals surface area contributed by atoms with Crippen molar-refractivity contribution in [3.05, 3.63) is 160 Å². The minimum Gasteiger partial charge on any atom is -0.545 e. The van der Waals surface area contributed by atoms with Crippen molar-refractivity contribution in [2.75, 3.05) is 56.7 Å². The molecule has 0 fully saturated rings. The lowest BCUT2D eigenvalue weighted by Gasteiger charge is -2.20. The number of halogens is 2. The van der Waals surface area contributed by atoms with Gasteiger partial charge >= 0.3 is 0 Å². The molecule has 2 aliphatic rings. The molecular weight excluding hydrogens is 983 g/mol. The molecule has 4 heterocycles. The zero-order valence-corrected chi connectivity index (χ0v) is 42.2. The van der Waals surface area contributed by atoms with E-state index in [-0.39, 0.29) is 47.6 Å². The number of fused-ring (bicyclic) bond motifs is 5. The number of amides is 2. The second-order valence-corrected chi connectivity index (χ2v) is 20.2. The van der Waals surface area contributed by atoms with Gasteiger partial charge in [-0.1, -0.05) is 19.1 Å². The van der Waals surface area contributed by atoms with E-state index in [1.165, 1.54) is 24.4 Å². The number of benzene rings is 5. The van der Waals surface area contributed by atoms with E-state index >= 15 is 8.78 Å². The Morgan fingerprint density at radius 1 is 0.760 bits per heavy atom. The number of rotatable bonds is 17. The van der Waals surface area contributed by atoms with Gasteiger partial charge in [-0.25, -0.2) is 26.8 Å². The van der Waals surface area contributed by atoms with E-state index in [1.807, 2.05) is 74.1 Å². The van der Waals surface area contributed by atoms with E-state index in [0.717, 1.165) is 23.2 Å². The molecule has 0 bridgehead atoms. The molecule has 2 amide bonds. The highest BCUT2D eigenvalue weighted by Gasteiger charge is 2.26. The average Bonchev–Trinajstić information content (AvgIpc) is 3.77. The maximum Gasteiger partial charge on any atom is 0.269 e. The monoisotopic (exact) mass is 1030 g/mol. The number of carbonyl (C=O) groups is 4. The van der Waals surface area contributed by atoms with Gasteiger partial charge < -0.3 is 34.8 Å². The molecule has 16 nitrogen and oxygen atoms in total. The van der Waals surface area contributed by atoms with Crippen molar-refractivity contribution in [3.8, 4) is 33.6 Å². The first-order chi connectivity index (χ1) is 35.9. The SMILES string of the molecule is CCCS(=O)(=O)Nc1ccc(F)c(C(=O)c2ccc3[nH]c4ncc(-c5ccc(C(=O)NCCCCNC(=O)c6ccc(-c7c8ccc(=[N+](C)C)cc-8oc8cc(N(C)C)ccc78)c(C(=O)[O-])c6)nc5)cc4c3c2)c1F. The minimum atomic E-state index is -3.93. The summed E-state index contributed by atoms with van der Waals surface area (Å²) in [6.45, 7) is 2.18. The Balaban J connectivity index is 0.824. The highest BCUT2D eigenvalue weighted by atomic mass is 32.2. The molecule has 0 radical (unpaired) electrons. The van der Waals surface area contributed by atoms with Crippen LogP contribution in [0.5, 0.6) is 0 Å². The molecule has 4 aromatic carbocycles. The molecule has 0 saturated carbocycles. The molecule has 1 aliphatic carbocycles. The van der Waals surface area contributed by atoms with Gasteiger partial charge in [0.05, 0.1) is 29.0 Å². The van der Waals surface area contributed by atoms with Gasteiger partial charge in [0.25, 0.3) is 11.8 Å². The van der Waals surface area contributed by atoms with Crippen LogP contribution >= 0.6 is 0 Å². The van der Waals surface area contributed by atoms with Gasteiger partial charge in [0.1, 0.15) is 42.6 Å². The van der Waals surface area contributed by atoms with Gasteiger partial charge in [-0.05, 0) is 97.6 Å². The number of aromatic nitrogens is 3. The van der Waals surface area contributed by atoms with Crippen LogP contribution in [0.3, 0.4) is 0 Å². The van der Waals surface area contributed by atoms with Gasteiger partial charge in [-0.15, -0.1) is 0 Å². The van der Waals surface area contributed by atoms with Crippen LogP contribution in [0.1, 0.15) is 73.3 Å². The number of carboxylic acid groups (broad SMARTS) is 1. The van der Waals surface area contributed by atoms with E-state index in [9.17, 15) is 32.7 Å². The molecule has 4 N–H and O–H groups in total. The lowest BCUT2D eigenvalue weighted by molar-refractivity contribution is -0.254. The Morgan fingerprint density at radius 2 is 1.49 bits per heavy atom. The molecule has 19 heteroatoms. The summed E-state index contributed by atoms with van der Waals surface area (Å²) >= 11 is 0. The second-order valence-electron chi connectivity index (χ2n) is 18.4. The Kier molecular flexibility index (Phi) is 14.3. The first kappa shape index (κ1) is 51.1. The summed E-state index contributed by atoms with van der Waals surface area (Å²) in [5.41, 5.74) is 4.17. The zero-order valence-electron chi connectivity index (χ0n) is 41.4. The normalized spacial score (nSPS) is 11.6. The molecular formula is C56H50F2N8O8S. The van der Waals surface area contributed by atoms with E-state index in [0.29, 0.717) is 79.3 Å². The van der Waals surface area contributed by atoms with Crippen LogP contribution < -0.4 is 35.3 Å². The first-order valence-electron chi connectivity index (χ1n) is 23.9. The van der Waals surface area contributed by atoms with Gasteiger partial charge in [0.2, 0.25) is 15.4 Å². The number of ketones is 1. The van der Waals surface area contributed by atoms with Crippen LogP contribution in [0.25, 0.3) is 66.5 Å². The van der Waals surface area contributed by atoms with Crippen molar-refractivity contribution < 1.29 is 45.9 Å². The number of hydrogen-bond acceptors (Lipinski definition) is 11. The highest BCUT2D eigenvalue weighted by Crippen LogP contribution is 2.42. The summed E-state index contributed by atoms with van der Waals surface area (Å²) in [7, 11) is 3.74. The predicted octanol–water partition coefficient (Wildman–Crippen LogP) is 7.36. The summed E-state index contributed by atoms with van der Waals surface area (Å²) in [4.78, 5) is 66.7. The first-order valence-corrected chi connectivity index (χ1v) is 25.6. The molecule has 0 atom stereocenters. The maximum atomic E-state index is 15.5. The number of carboxylic acids is 1. The number of aromatic carboxylic acids is 1. The number of pyridine rings is 2. The Morgan fingerprint density at radius 3 is 2.20 bits per heavy atom. The summed E-state index contributed by atoms with van der Waals surface area (Å²) in [6.07, 6.45) is 4.41. The van der Waals surface area contributed by atoms with Crippen LogP contribution in [0, 0.1) is 11.6 Å². The largest absolute Gasteiger partial charge is 0.545 e. The van der Waals surface area contributed by atoms with Crippen molar-refractivity contribution in [1.29, 1.82) is 0 Å². The number of anilines is 2. The number of unbranched alkanes of at least 4 members (excludes halogenated alkanes) is 1. The van der Waals surface area contributed by atoms with E-state index in [1.54, 1.807) is 49.5 Å². The topological polar surface area (TPSA) is 223 Å².